The number of fused-ring (bicyclic) bond motifs is 1. The second-order valence-electron chi connectivity index (χ2n) is 7.01. The van der Waals surface area contributed by atoms with Crippen molar-refractivity contribution in [3.05, 3.63) is 87.5 Å². The quantitative estimate of drug-likeness (QED) is 0.187. The zero-order valence-corrected chi connectivity index (χ0v) is 19.3. The van der Waals surface area contributed by atoms with E-state index >= 15 is 0 Å². The number of carboxylic acid groups (broad SMARTS) is 1. The number of rotatable bonds is 8. The number of aromatic nitrogens is 1. The van der Waals surface area contributed by atoms with Crippen LogP contribution in [-0.2, 0) is 5.75 Å². The number of ether oxygens (including phenoxy) is 1. The standard InChI is InChI=1S/C23H17N3O6S2/c1-32-19-9-7-15(26(30)31)10-13(19)12-33-23-25-18-8-6-14(11-20(18)34-23)24-21(27)16-4-2-3-5-17(16)22(28)29/h2-11H,12H2,1H3,(H,24,27)(H,28,29). The summed E-state index contributed by atoms with van der Waals surface area (Å²) in [6.07, 6.45) is 0. The van der Waals surface area contributed by atoms with Crippen molar-refractivity contribution in [2.75, 3.05) is 12.4 Å². The zero-order valence-electron chi connectivity index (χ0n) is 17.7. The fourth-order valence-corrected chi connectivity index (χ4v) is 5.33. The van der Waals surface area contributed by atoms with Crippen molar-refractivity contribution < 1.29 is 24.4 Å². The topological polar surface area (TPSA) is 132 Å². The summed E-state index contributed by atoms with van der Waals surface area (Å²) in [7, 11) is 1.51. The van der Waals surface area contributed by atoms with E-state index in [0.717, 1.165) is 14.6 Å². The lowest BCUT2D eigenvalue weighted by molar-refractivity contribution is -0.384. The highest BCUT2D eigenvalue weighted by Crippen LogP contribution is 2.35. The van der Waals surface area contributed by atoms with E-state index in [1.807, 2.05) is 0 Å². The summed E-state index contributed by atoms with van der Waals surface area (Å²) in [5, 5.41) is 23.1. The third-order valence-electron chi connectivity index (χ3n) is 4.85. The molecule has 4 rings (SSSR count). The van der Waals surface area contributed by atoms with Crippen LogP contribution in [0.2, 0.25) is 0 Å². The molecule has 0 unspecified atom stereocenters. The minimum Gasteiger partial charge on any atom is -0.496 e. The Morgan fingerprint density at radius 3 is 2.62 bits per heavy atom. The van der Waals surface area contributed by atoms with Crippen molar-refractivity contribution in [3.8, 4) is 5.75 Å². The summed E-state index contributed by atoms with van der Waals surface area (Å²) in [6.45, 7) is 0. The van der Waals surface area contributed by atoms with Crippen LogP contribution in [0.15, 0.2) is 65.0 Å². The van der Waals surface area contributed by atoms with Crippen molar-refractivity contribution in [2.45, 2.75) is 10.1 Å². The third kappa shape index (κ3) is 5.00. The first kappa shape index (κ1) is 23.2. The molecular formula is C23H17N3O6S2. The summed E-state index contributed by atoms with van der Waals surface area (Å²) in [4.78, 5) is 39.2. The Kier molecular flexibility index (Phi) is 6.75. The lowest BCUT2D eigenvalue weighted by Gasteiger charge is -2.07. The summed E-state index contributed by atoms with van der Waals surface area (Å²) in [6, 6.07) is 15.7. The minimum absolute atomic E-state index is 0.00875. The Labute approximate surface area is 201 Å². The van der Waals surface area contributed by atoms with Crippen molar-refractivity contribution in [2.24, 2.45) is 0 Å². The van der Waals surface area contributed by atoms with E-state index in [9.17, 15) is 24.8 Å². The molecule has 0 aliphatic rings. The number of anilines is 1. The molecule has 4 aromatic rings. The average Bonchev–Trinajstić information content (AvgIpc) is 3.24. The number of nitro benzene ring substituents is 1. The minimum atomic E-state index is -1.18. The number of thioether (sulfide) groups is 1. The molecule has 0 aliphatic heterocycles. The summed E-state index contributed by atoms with van der Waals surface area (Å²) in [5.41, 5.74) is 1.92. The van der Waals surface area contributed by atoms with Gasteiger partial charge in [-0.25, -0.2) is 9.78 Å². The van der Waals surface area contributed by atoms with E-state index in [2.05, 4.69) is 10.3 Å². The van der Waals surface area contributed by atoms with Crippen LogP contribution in [0.1, 0.15) is 26.3 Å². The number of nitrogens with one attached hydrogen (secondary N) is 1. The van der Waals surface area contributed by atoms with E-state index in [0.29, 0.717) is 22.8 Å². The van der Waals surface area contributed by atoms with Crippen LogP contribution in [0.5, 0.6) is 5.75 Å². The van der Waals surface area contributed by atoms with Gasteiger partial charge in [-0.05, 0) is 36.4 Å². The zero-order chi connectivity index (χ0) is 24.2. The van der Waals surface area contributed by atoms with Gasteiger partial charge in [-0.3, -0.25) is 14.9 Å². The first-order valence-corrected chi connectivity index (χ1v) is 11.6. The SMILES string of the molecule is COc1ccc([N+](=O)[O-])cc1CSc1nc2ccc(NC(=O)c3ccccc3C(=O)O)cc2s1. The second-order valence-corrected chi connectivity index (χ2v) is 9.26. The highest BCUT2D eigenvalue weighted by molar-refractivity contribution is 8.00. The number of carbonyl (C=O) groups is 2. The molecule has 1 heterocycles. The van der Waals surface area contributed by atoms with Crippen molar-refractivity contribution in [3.63, 3.8) is 0 Å². The molecule has 0 spiro atoms. The smallest absolute Gasteiger partial charge is 0.336 e. The molecule has 11 heteroatoms. The van der Waals surface area contributed by atoms with Crippen LogP contribution >= 0.6 is 23.1 Å². The molecule has 9 nitrogen and oxygen atoms in total. The number of methoxy groups -OCH3 is 1. The molecule has 0 fully saturated rings. The fraction of sp³-hybridized carbons (Fsp3) is 0.0870. The molecule has 0 saturated carbocycles. The Morgan fingerprint density at radius 1 is 1.15 bits per heavy atom. The Balaban J connectivity index is 1.51. The number of hydrogen-bond donors (Lipinski definition) is 2. The molecule has 0 bridgehead atoms. The number of nitro groups is 1. The maximum atomic E-state index is 12.6. The van der Waals surface area contributed by atoms with Gasteiger partial charge in [0.2, 0.25) is 0 Å². The molecule has 2 N–H and O–H groups in total. The summed E-state index contributed by atoms with van der Waals surface area (Å²) in [5.74, 6) is -0.703. The monoisotopic (exact) mass is 495 g/mol. The van der Waals surface area contributed by atoms with Gasteiger partial charge in [0.05, 0.1) is 33.4 Å². The Bertz CT molecular complexity index is 1420. The predicted octanol–water partition coefficient (Wildman–Crippen LogP) is 5.46. The van der Waals surface area contributed by atoms with Gasteiger partial charge in [0.15, 0.2) is 4.34 Å². The molecule has 0 radical (unpaired) electrons. The number of aromatic carboxylic acids is 1. The van der Waals surface area contributed by atoms with Crippen LogP contribution in [0.3, 0.4) is 0 Å². The number of carboxylic acids is 1. The van der Waals surface area contributed by atoms with Crippen molar-refractivity contribution in [1.82, 2.24) is 4.98 Å². The number of hydrogen-bond acceptors (Lipinski definition) is 8. The van der Waals surface area contributed by atoms with Gasteiger partial charge in [0, 0.05) is 29.1 Å². The molecule has 34 heavy (non-hydrogen) atoms. The highest BCUT2D eigenvalue weighted by atomic mass is 32.2. The number of benzene rings is 3. The van der Waals surface area contributed by atoms with Crippen LogP contribution in [0.25, 0.3) is 10.2 Å². The first-order chi connectivity index (χ1) is 16.4. The van der Waals surface area contributed by atoms with E-state index in [1.165, 1.54) is 54.5 Å². The number of amides is 1. The summed E-state index contributed by atoms with van der Waals surface area (Å²) < 4.78 is 6.89. The van der Waals surface area contributed by atoms with Gasteiger partial charge in [-0.15, -0.1) is 11.3 Å². The molecule has 0 atom stereocenters. The maximum absolute atomic E-state index is 12.6. The Morgan fingerprint density at radius 2 is 1.91 bits per heavy atom. The number of nitrogens with zero attached hydrogens (tertiary/aromatic N) is 2. The molecule has 0 aliphatic carbocycles. The highest BCUT2D eigenvalue weighted by Gasteiger charge is 2.17. The van der Waals surface area contributed by atoms with Gasteiger partial charge in [0.1, 0.15) is 5.75 Å². The molecule has 0 saturated heterocycles. The Hall–Kier alpha value is -3.96. The van der Waals surface area contributed by atoms with Gasteiger partial charge in [0.25, 0.3) is 11.6 Å². The molecule has 172 valence electrons. The lowest BCUT2D eigenvalue weighted by Crippen LogP contribution is -2.16. The average molecular weight is 496 g/mol. The van der Waals surface area contributed by atoms with Crippen molar-refractivity contribution in [1.29, 1.82) is 0 Å². The van der Waals surface area contributed by atoms with E-state index in [1.54, 1.807) is 36.4 Å². The van der Waals surface area contributed by atoms with Crippen LogP contribution in [-0.4, -0.2) is 34.0 Å². The second kappa shape index (κ2) is 9.89. The first-order valence-electron chi connectivity index (χ1n) is 9.84. The van der Waals surface area contributed by atoms with Crippen molar-refractivity contribution >= 4 is 56.6 Å². The largest absolute Gasteiger partial charge is 0.496 e. The number of thiazole rings is 1. The van der Waals surface area contributed by atoms with Gasteiger partial charge in [-0.1, -0.05) is 23.9 Å². The number of carbonyl (C=O) groups excluding carboxylic acids is 1. The lowest BCUT2D eigenvalue weighted by atomic mass is 10.1. The van der Waals surface area contributed by atoms with E-state index in [-0.39, 0.29) is 16.8 Å². The van der Waals surface area contributed by atoms with Crippen LogP contribution in [0, 0.1) is 10.1 Å². The summed E-state index contributed by atoms with van der Waals surface area (Å²) >= 11 is 2.84. The van der Waals surface area contributed by atoms with Gasteiger partial charge in [-0.2, -0.15) is 0 Å². The van der Waals surface area contributed by atoms with E-state index < -0.39 is 16.8 Å². The van der Waals surface area contributed by atoms with Gasteiger partial charge >= 0.3 is 5.97 Å². The molecule has 3 aromatic carbocycles. The van der Waals surface area contributed by atoms with Crippen LogP contribution < -0.4 is 10.1 Å². The molecule has 1 amide bonds. The van der Waals surface area contributed by atoms with E-state index in [4.69, 9.17) is 4.74 Å². The van der Waals surface area contributed by atoms with Crippen LogP contribution in [0.4, 0.5) is 11.4 Å². The maximum Gasteiger partial charge on any atom is 0.336 e. The molecular weight excluding hydrogens is 478 g/mol. The third-order valence-corrected chi connectivity index (χ3v) is 7.06. The molecule has 1 aromatic heterocycles. The normalized spacial score (nSPS) is 10.7. The fourth-order valence-electron chi connectivity index (χ4n) is 3.24. The number of non-ortho nitro benzene ring substituents is 1. The predicted molar refractivity (Wildman–Crippen MR) is 130 cm³/mol. The van der Waals surface area contributed by atoms with Gasteiger partial charge < -0.3 is 15.2 Å².